The summed E-state index contributed by atoms with van der Waals surface area (Å²) in [6, 6.07) is 18.1. The number of para-hydroxylation sites is 1. The quantitative estimate of drug-likeness (QED) is 0.520. The topological polar surface area (TPSA) is 47.5 Å². The van der Waals surface area contributed by atoms with Crippen molar-refractivity contribution in [2.75, 3.05) is 31.1 Å². The average Bonchev–Trinajstić information content (AvgIpc) is 3.02. The third-order valence-corrected chi connectivity index (χ3v) is 5.89. The Morgan fingerprint density at radius 2 is 1.69 bits per heavy atom. The number of Topliss-reactive ketones (excluding diaryl/α,β-unsaturated/α-hetero) is 1. The van der Waals surface area contributed by atoms with Gasteiger partial charge in [0.05, 0.1) is 26.2 Å². The van der Waals surface area contributed by atoms with Gasteiger partial charge in [0.2, 0.25) is 4.77 Å². The van der Waals surface area contributed by atoms with Crippen molar-refractivity contribution in [1.29, 1.82) is 0 Å². The number of hydrogen-bond acceptors (Lipinski definition) is 4. The number of rotatable bonds is 5. The highest BCUT2D eigenvalue weighted by Crippen LogP contribution is 2.16. The SMILES string of the molecule is CC(=O)c1ccc(N2CC[NH+](Cn3nc(C)n(-c4ccccc4)c3=S)CC2)cc1. The lowest BCUT2D eigenvalue weighted by molar-refractivity contribution is -0.924. The summed E-state index contributed by atoms with van der Waals surface area (Å²) in [6.07, 6.45) is 0. The van der Waals surface area contributed by atoms with Gasteiger partial charge in [-0.3, -0.25) is 9.36 Å². The van der Waals surface area contributed by atoms with Crippen LogP contribution in [0.2, 0.25) is 0 Å². The molecule has 1 aliphatic heterocycles. The van der Waals surface area contributed by atoms with E-state index in [-0.39, 0.29) is 5.78 Å². The molecule has 0 radical (unpaired) electrons. The van der Waals surface area contributed by atoms with Gasteiger partial charge in [0.25, 0.3) is 0 Å². The molecule has 2 aromatic carbocycles. The fourth-order valence-corrected chi connectivity index (χ4v) is 4.19. The maximum atomic E-state index is 11.5. The van der Waals surface area contributed by atoms with Crippen molar-refractivity contribution in [1.82, 2.24) is 14.3 Å². The minimum Gasteiger partial charge on any atom is -0.360 e. The molecular formula is C22H26N5OS+. The van der Waals surface area contributed by atoms with Crippen LogP contribution in [0, 0.1) is 11.7 Å². The minimum absolute atomic E-state index is 0.104. The van der Waals surface area contributed by atoms with Crippen LogP contribution in [0.3, 0.4) is 0 Å². The number of quaternary nitrogens is 1. The van der Waals surface area contributed by atoms with Crippen LogP contribution in [0.5, 0.6) is 0 Å². The summed E-state index contributed by atoms with van der Waals surface area (Å²) in [7, 11) is 0. The Bertz CT molecular complexity index is 1050. The molecule has 0 saturated carbocycles. The van der Waals surface area contributed by atoms with E-state index in [1.165, 1.54) is 10.6 Å². The van der Waals surface area contributed by atoms with Crippen molar-refractivity contribution in [3.63, 3.8) is 0 Å². The Morgan fingerprint density at radius 3 is 2.31 bits per heavy atom. The number of carbonyl (C=O) groups is 1. The largest absolute Gasteiger partial charge is 0.360 e. The molecular weight excluding hydrogens is 382 g/mol. The highest BCUT2D eigenvalue weighted by molar-refractivity contribution is 7.71. The van der Waals surface area contributed by atoms with Crippen LogP contribution in [-0.4, -0.2) is 46.3 Å². The lowest BCUT2D eigenvalue weighted by Crippen LogP contribution is -3.14. The van der Waals surface area contributed by atoms with Gasteiger partial charge in [-0.1, -0.05) is 18.2 Å². The lowest BCUT2D eigenvalue weighted by atomic mass is 10.1. The molecule has 29 heavy (non-hydrogen) atoms. The molecule has 1 aromatic heterocycles. The van der Waals surface area contributed by atoms with E-state index < -0.39 is 0 Å². The van der Waals surface area contributed by atoms with Crippen LogP contribution in [0.25, 0.3) is 5.69 Å². The maximum Gasteiger partial charge on any atom is 0.207 e. The molecule has 3 aromatic rings. The number of nitrogens with one attached hydrogen (secondary N) is 1. The number of benzene rings is 2. The summed E-state index contributed by atoms with van der Waals surface area (Å²) in [5.74, 6) is 1.01. The van der Waals surface area contributed by atoms with Gasteiger partial charge in [0, 0.05) is 16.9 Å². The number of nitrogens with zero attached hydrogens (tertiary/aromatic N) is 4. The Balaban J connectivity index is 1.41. The van der Waals surface area contributed by atoms with E-state index in [2.05, 4.69) is 17.0 Å². The van der Waals surface area contributed by atoms with Crippen molar-refractivity contribution in [2.45, 2.75) is 20.5 Å². The molecule has 2 heterocycles. The first-order valence-electron chi connectivity index (χ1n) is 9.94. The van der Waals surface area contributed by atoms with E-state index in [4.69, 9.17) is 17.3 Å². The lowest BCUT2D eigenvalue weighted by Gasteiger charge is -2.33. The van der Waals surface area contributed by atoms with Gasteiger partial charge in [-0.15, -0.1) is 0 Å². The second-order valence-corrected chi connectivity index (χ2v) is 7.86. The standard InChI is InChI=1S/C22H25N5OS/c1-17(28)19-8-10-20(11-9-19)25-14-12-24(13-15-25)16-26-22(29)27(18(2)23-26)21-6-4-3-5-7-21/h3-11H,12-16H2,1-2H3/p+1. The van der Waals surface area contributed by atoms with Crippen molar-refractivity contribution in [3.8, 4) is 5.69 Å². The average molecular weight is 409 g/mol. The summed E-state index contributed by atoms with van der Waals surface area (Å²) in [5, 5.41) is 4.69. The molecule has 1 N–H and O–H groups in total. The first-order chi connectivity index (χ1) is 14.0. The molecule has 150 valence electrons. The third kappa shape index (κ3) is 4.16. The molecule has 0 atom stereocenters. The van der Waals surface area contributed by atoms with Crippen molar-refractivity contribution in [3.05, 3.63) is 70.8 Å². The number of aromatic nitrogens is 3. The molecule has 1 aliphatic rings. The summed E-state index contributed by atoms with van der Waals surface area (Å²) >= 11 is 5.71. The van der Waals surface area contributed by atoms with E-state index in [1.54, 1.807) is 6.92 Å². The Hall–Kier alpha value is -2.77. The highest BCUT2D eigenvalue weighted by Gasteiger charge is 2.22. The van der Waals surface area contributed by atoms with Crippen molar-refractivity contribution >= 4 is 23.7 Å². The number of aryl methyl sites for hydroxylation is 1. The third-order valence-electron chi connectivity index (χ3n) is 5.50. The molecule has 0 aliphatic carbocycles. The molecule has 6 nitrogen and oxygen atoms in total. The van der Waals surface area contributed by atoms with Crippen LogP contribution in [-0.2, 0) is 6.67 Å². The predicted molar refractivity (Wildman–Crippen MR) is 116 cm³/mol. The van der Waals surface area contributed by atoms with Gasteiger partial charge in [-0.05, 0) is 62.5 Å². The van der Waals surface area contributed by atoms with E-state index in [0.29, 0.717) is 0 Å². The number of ketones is 1. The summed E-state index contributed by atoms with van der Waals surface area (Å²) in [5.41, 5.74) is 2.99. The normalized spacial score (nSPS) is 14.9. The smallest absolute Gasteiger partial charge is 0.207 e. The fraction of sp³-hybridized carbons (Fsp3) is 0.318. The van der Waals surface area contributed by atoms with Crippen molar-refractivity contribution in [2.24, 2.45) is 0 Å². The number of hydrogen-bond donors (Lipinski definition) is 1. The summed E-state index contributed by atoms with van der Waals surface area (Å²) in [6.45, 7) is 8.36. The monoisotopic (exact) mass is 408 g/mol. The van der Waals surface area contributed by atoms with Gasteiger partial charge in [-0.25, -0.2) is 0 Å². The highest BCUT2D eigenvalue weighted by atomic mass is 32.1. The Kier molecular flexibility index (Phi) is 5.60. The zero-order valence-electron chi connectivity index (χ0n) is 16.8. The van der Waals surface area contributed by atoms with E-state index in [9.17, 15) is 4.79 Å². The van der Waals surface area contributed by atoms with Crippen LogP contribution in [0.1, 0.15) is 23.1 Å². The predicted octanol–water partition coefficient (Wildman–Crippen LogP) is 2.28. The number of anilines is 1. The molecule has 0 bridgehead atoms. The number of carbonyl (C=O) groups excluding carboxylic acids is 1. The second-order valence-electron chi connectivity index (χ2n) is 7.50. The second kappa shape index (κ2) is 8.31. The Labute approximate surface area is 176 Å². The zero-order chi connectivity index (χ0) is 20.4. The van der Waals surface area contributed by atoms with Gasteiger partial charge in [-0.2, -0.15) is 9.78 Å². The molecule has 7 heteroatoms. The number of piperazine rings is 1. The Morgan fingerprint density at radius 1 is 1.03 bits per heavy atom. The molecule has 1 fully saturated rings. The van der Waals surface area contributed by atoms with E-state index >= 15 is 0 Å². The van der Waals surface area contributed by atoms with Gasteiger partial charge in [0.15, 0.2) is 12.5 Å². The zero-order valence-corrected chi connectivity index (χ0v) is 17.7. The van der Waals surface area contributed by atoms with Gasteiger partial charge < -0.3 is 9.80 Å². The minimum atomic E-state index is 0.104. The molecule has 0 spiro atoms. The molecule has 4 rings (SSSR count). The van der Waals surface area contributed by atoms with Gasteiger partial charge >= 0.3 is 0 Å². The first-order valence-corrected chi connectivity index (χ1v) is 10.3. The fourth-order valence-electron chi connectivity index (χ4n) is 3.85. The van der Waals surface area contributed by atoms with Crippen LogP contribution < -0.4 is 9.80 Å². The molecule has 0 unspecified atom stereocenters. The van der Waals surface area contributed by atoms with Gasteiger partial charge in [0.1, 0.15) is 5.82 Å². The molecule has 1 saturated heterocycles. The van der Waals surface area contributed by atoms with Crippen molar-refractivity contribution < 1.29 is 9.69 Å². The van der Waals surface area contributed by atoms with E-state index in [0.717, 1.165) is 54.7 Å². The maximum absolute atomic E-state index is 11.5. The first kappa shape index (κ1) is 19.5. The summed E-state index contributed by atoms with van der Waals surface area (Å²) in [4.78, 5) is 15.3. The molecule has 0 amide bonds. The van der Waals surface area contributed by atoms with Crippen LogP contribution in [0.4, 0.5) is 5.69 Å². The summed E-state index contributed by atoms with van der Waals surface area (Å²) < 4.78 is 4.72. The van der Waals surface area contributed by atoms with Crippen LogP contribution >= 0.6 is 12.2 Å². The van der Waals surface area contributed by atoms with E-state index in [1.807, 2.05) is 58.6 Å². The van der Waals surface area contributed by atoms with Crippen LogP contribution in [0.15, 0.2) is 54.6 Å².